The van der Waals surface area contributed by atoms with Gasteiger partial charge in [-0.15, -0.1) is 0 Å². The van der Waals surface area contributed by atoms with Gasteiger partial charge in [0.05, 0.1) is 25.8 Å². The van der Waals surface area contributed by atoms with Gasteiger partial charge in [0.2, 0.25) is 5.91 Å². The Balaban J connectivity index is 1.65. The molecule has 1 N–H and O–H groups in total. The van der Waals surface area contributed by atoms with Crippen molar-refractivity contribution in [1.29, 1.82) is 0 Å². The number of amides is 1. The number of carbonyl (C=O) groups is 1. The highest BCUT2D eigenvalue weighted by atomic mass is 32.2. The molecule has 1 atom stereocenters. The van der Waals surface area contributed by atoms with Crippen molar-refractivity contribution in [2.75, 3.05) is 38.2 Å². The maximum Gasteiger partial charge on any atom is 0.304 e. The minimum absolute atomic E-state index is 0.131. The van der Waals surface area contributed by atoms with Gasteiger partial charge in [-0.3, -0.25) is 9.10 Å². The van der Waals surface area contributed by atoms with E-state index in [1.54, 1.807) is 45.4 Å². The van der Waals surface area contributed by atoms with Crippen molar-refractivity contribution < 1.29 is 22.7 Å². The Labute approximate surface area is 190 Å². The molecule has 1 amide bonds. The molecular weight excluding hydrogens is 430 g/mol. The van der Waals surface area contributed by atoms with E-state index >= 15 is 0 Å². The topological polar surface area (TPSA) is 88.2 Å². The van der Waals surface area contributed by atoms with Crippen LogP contribution >= 0.6 is 0 Å². The van der Waals surface area contributed by atoms with E-state index in [1.807, 2.05) is 24.3 Å². The number of hydrogen-bond donors (Lipinski definition) is 1. The molecule has 0 aromatic heterocycles. The predicted molar refractivity (Wildman–Crippen MR) is 124 cm³/mol. The van der Waals surface area contributed by atoms with Crippen molar-refractivity contribution in [3.05, 3.63) is 54.1 Å². The fourth-order valence-corrected chi connectivity index (χ4v) is 5.53. The summed E-state index contributed by atoms with van der Waals surface area (Å²) in [5.41, 5.74) is 1.52. The molecule has 8 nitrogen and oxygen atoms in total. The second-order valence-electron chi connectivity index (χ2n) is 7.63. The van der Waals surface area contributed by atoms with Gasteiger partial charge in [0, 0.05) is 26.2 Å². The van der Waals surface area contributed by atoms with Crippen molar-refractivity contribution in [3.63, 3.8) is 0 Å². The molecule has 3 rings (SSSR count). The number of rotatable bonds is 9. The molecule has 0 radical (unpaired) electrons. The van der Waals surface area contributed by atoms with Crippen LogP contribution < -0.4 is 19.1 Å². The number of ether oxygens (including phenoxy) is 2. The van der Waals surface area contributed by atoms with Crippen molar-refractivity contribution in [2.45, 2.75) is 26.3 Å². The second-order valence-corrected chi connectivity index (χ2v) is 9.49. The number of nitrogens with zero attached hydrogens (tertiary/aromatic N) is 2. The summed E-state index contributed by atoms with van der Waals surface area (Å²) in [5, 5.41) is 2.94. The molecule has 1 heterocycles. The Morgan fingerprint density at radius 1 is 1.06 bits per heavy atom. The second kappa shape index (κ2) is 10.7. The zero-order chi connectivity index (χ0) is 23.1. The van der Waals surface area contributed by atoms with Crippen LogP contribution in [0.25, 0.3) is 0 Å². The first kappa shape index (κ1) is 23.9. The van der Waals surface area contributed by atoms with E-state index in [-0.39, 0.29) is 18.4 Å². The molecular formula is C23H31N3O5S. The number of benzene rings is 2. The third-order valence-corrected chi connectivity index (χ3v) is 7.64. The van der Waals surface area contributed by atoms with Crippen LogP contribution in [-0.4, -0.2) is 52.5 Å². The largest absolute Gasteiger partial charge is 0.497 e. The fraction of sp³-hybridized carbons (Fsp3) is 0.435. The summed E-state index contributed by atoms with van der Waals surface area (Å²) in [5.74, 6) is 0.902. The lowest BCUT2D eigenvalue weighted by Crippen LogP contribution is -2.50. The maximum absolute atomic E-state index is 13.4. The third-order valence-electron chi connectivity index (χ3n) is 5.63. The maximum atomic E-state index is 13.4. The Kier molecular flexibility index (Phi) is 7.98. The molecule has 2 aromatic carbocycles. The van der Waals surface area contributed by atoms with Crippen LogP contribution in [0.15, 0.2) is 48.5 Å². The van der Waals surface area contributed by atoms with E-state index in [0.717, 1.165) is 11.3 Å². The normalized spacial score (nSPS) is 16.9. The lowest BCUT2D eigenvalue weighted by atomic mass is 9.99. The van der Waals surface area contributed by atoms with Crippen LogP contribution in [0.4, 0.5) is 5.69 Å². The summed E-state index contributed by atoms with van der Waals surface area (Å²) in [4.78, 5) is 12.8. The van der Waals surface area contributed by atoms with Gasteiger partial charge in [0.1, 0.15) is 11.5 Å². The highest BCUT2D eigenvalue weighted by molar-refractivity contribution is 7.90. The Morgan fingerprint density at radius 2 is 1.66 bits per heavy atom. The van der Waals surface area contributed by atoms with Crippen molar-refractivity contribution in [3.8, 4) is 11.5 Å². The lowest BCUT2D eigenvalue weighted by molar-refractivity contribution is -0.126. The number of anilines is 1. The summed E-state index contributed by atoms with van der Waals surface area (Å²) >= 11 is 0. The minimum atomic E-state index is -3.76. The molecule has 0 bridgehead atoms. The Morgan fingerprint density at radius 3 is 2.22 bits per heavy atom. The van der Waals surface area contributed by atoms with Gasteiger partial charge >= 0.3 is 10.2 Å². The number of piperidine rings is 1. The zero-order valence-electron chi connectivity index (χ0n) is 18.8. The summed E-state index contributed by atoms with van der Waals surface area (Å²) in [7, 11) is -0.585. The van der Waals surface area contributed by atoms with E-state index in [9.17, 15) is 13.2 Å². The highest BCUT2D eigenvalue weighted by Crippen LogP contribution is 2.27. The van der Waals surface area contributed by atoms with E-state index in [0.29, 0.717) is 43.9 Å². The summed E-state index contributed by atoms with van der Waals surface area (Å²) in [6.45, 7) is 3.05. The molecule has 1 aliphatic heterocycles. The molecule has 0 saturated carbocycles. The van der Waals surface area contributed by atoms with Gasteiger partial charge in [-0.05, 0) is 61.7 Å². The summed E-state index contributed by atoms with van der Waals surface area (Å²) in [6.07, 6.45) is 1.30. The number of methoxy groups -OCH3 is 2. The van der Waals surface area contributed by atoms with Gasteiger partial charge in [-0.1, -0.05) is 12.1 Å². The SMILES string of the molecule is CCN(c1ccc(OC)cc1)S(=O)(=O)N1CCC[C@H](C(=O)NCc2ccc(OC)cc2)C1. The summed E-state index contributed by atoms with van der Waals surface area (Å²) in [6, 6.07) is 14.4. The van der Waals surface area contributed by atoms with Crippen LogP contribution in [-0.2, 0) is 21.5 Å². The smallest absolute Gasteiger partial charge is 0.304 e. The van der Waals surface area contributed by atoms with Gasteiger partial charge in [0.15, 0.2) is 0 Å². The molecule has 32 heavy (non-hydrogen) atoms. The quantitative estimate of drug-likeness (QED) is 0.620. The number of carbonyl (C=O) groups excluding carboxylic acids is 1. The molecule has 2 aromatic rings. The highest BCUT2D eigenvalue weighted by Gasteiger charge is 2.35. The number of hydrogen-bond acceptors (Lipinski definition) is 5. The molecule has 1 aliphatic rings. The Bertz CT molecular complexity index is 993. The standard InChI is InChI=1S/C23H31N3O5S/c1-4-26(20-9-13-22(31-3)14-10-20)32(28,29)25-15-5-6-19(17-25)23(27)24-16-18-7-11-21(30-2)12-8-18/h7-14,19H,4-6,15-17H2,1-3H3,(H,24,27)/t19-/m0/s1. The summed E-state index contributed by atoms with van der Waals surface area (Å²) < 4.78 is 39.8. The molecule has 174 valence electrons. The van der Waals surface area contributed by atoms with Crippen molar-refractivity contribution in [1.82, 2.24) is 9.62 Å². The van der Waals surface area contributed by atoms with Gasteiger partial charge in [-0.25, -0.2) is 0 Å². The van der Waals surface area contributed by atoms with Crippen LogP contribution in [0, 0.1) is 5.92 Å². The molecule has 0 unspecified atom stereocenters. The molecule has 0 aliphatic carbocycles. The first-order valence-electron chi connectivity index (χ1n) is 10.7. The van der Waals surface area contributed by atoms with Gasteiger partial charge in [-0.2, -0.15) is 12.7 Å². The Hall–Kier alpha value is -2.78. The van der Waals surface area contributed by atoms with Crippen LogP contribution in [0.1, 0.15) is 25.3 Å². The number of nitrogens with one attached hydrogen (secondary N) is 1. The molecule has 1 fully saturated rings. The first-order chi connectivity index (χ1) is 15.4. The average Bonchev–Trinajstić information content (AvgIpc) is 2.83. The van der Waals surface area contributed by atoms with Crippen LogP contribution in [0.2, 0.25) is 0 Å². The fourth-order valence-electron chi connectivity index (χ4n) is 3.81. The predicted octanol–water partition coefficient (Wildman–Crippen LogP) is 2.80. The average molecular weight is 462 g/mol. The molecule has 1 saturated heterocycles. The third kappa shape index (κ3) is 5.52. The van der Waals surface area contributed by atoms with Crippen molar-refractivity contribution >= 4 is 21.8 Å². The van der Waals surface area contributed by atoms with E-state index in [1.165, 1.54) is 8.61 Å². The van der Waals surface area contributed by atoms with Gasteiger partial charge in [0.25, 0.3) is 0 Å². The first-order valence-corrected chi connectivity index (χ1v) is 12.1. The van der Waals surface area contributed by atoms with Crippen molar-refractivity contribution in [2.24, 2.45) is 5.92 Å². The van der Waals surface area contributed by atoms with E-state index in [2.05, 4.69) is 5.32 Å². The van der Waals surface area contributed by atoms with E-state index in [4.69, 9.17) is 9.47 Å². The monoisotopic (exact) mass is 461 g/mol. The van der Waals surface area contributed by atoms with Crippen LogP contribution in [0.5, 0.6) is 11.5 Å². The van der Waals surface area contributed by atoms with E-state index < -0.39 is 10.2 Å². The van der Waals surface area contributed by atoms with Gasteiger partial charge < -0.3 is 14.8 Å². The zero-order valence-corrected chi connectivity index (χ0v) is 19.6. The minimum Gasteiger partial charge on any atom is -0.497 e. The lowest BCUT2D eigenvalue weighted by Gasteiger charge is -2.35. The van der Waals surface area contributed by atoms with Crippen LogP contribution in [0.3, 0.4) is 0 Å². The molecule has 0 spiro atoms. The molecule has 9 heteroatoms.